The lowest BCUT2D eigenvalue weighted by atomic mass is 10.0. The highest BCUT2D eigenvalue weighted by atomic mass is 16.5. The van der Waals surface area contributed by atoms with E-state index in [-0.39, 0.29) is 0 Å². The van der Waals surface area contributed by atoms with Crippen molar-refractivity contribution in [3.63, 3.8) is 0 Å². The van der Waals surface area contributed by atoms with E-state index in [1.165, 1.54) is 24.1 Å². The molecule has 1 aliphatic heterocycles. The van der Waals surface area contributed by atoms with Gasteiger partial charge in [-0.2, -0.15) is 0 Å². The summed E-state index contributed by atoms with van der Waals surface area (Å²) in [6.07, 6.45) is 2.49. The number of aryl methyl sites for hydroxylation is 1. The molecule has 1 heterocycles. The second-order valence-corrected chi connectivity index (χ2v) is 5.53. The molecule has 0 unspecified atom stereocenters. The van der Waals surface area contributed by atoms with Crippen molar-refractivity contribution >= 4 is 5.69 Å². The molecule has 0 N–H and O–H groups in total. The molecule has 1 fully saturated rings. The van der Waals surface area contributed by atoms with Gasteiger partial charge < -0.3 is 14.5 Å². The molecule has 0 aromatic heterocycles. The van der Waals surface area contributed by atoms with Crippen molar-refractivity contribution in [1.82, 2.24) is 4.90 Å². The third kappa shape index (κ3) is 5.68. The zero-order valence-corrected chi connectivity index (χ0v) is 14.4. The molecule has 1 aromatic carbocycles. The Labute approximate surface area is 130 Å². The van der Waals surface area contributed by atoms with Gasteiger partial charge in [0.1, 0.15) is 0 Å². The Bertz CT molecular complexity index is 369. The summed E-state index contributed by atoms with van der Waals surface area (Å²) in [5.41, 5.74) is 2.70. The summed E-state index contributed by atoms with van der Waals surface area (Å²) in [7, 11) is 3.99. The van der Waals surface area contributed by atoms with Crippen molar-refractivity contribution in [1.29, 1.82) is 0 Å². The summed E-state index contributed by atoms with van der Waals surface area (Å²) in [5.74, 6) is 0. The number of ether oxygens (including phenoxy) is 1. The summed E-state index contributed by atoms with van der Waals surface area (Å²) < 4.78 is 5.15. The molecule has 3 nitrogen and oxygen atoms in total. The maximum Gasteiger partial charge on any atom is 0.0589 e. The van der Waals surface area contributed by atoms with Crippen molar-refractivity contribution in [3.05, 3.63) is 29.8 Å². The Morgan fingerprint density at radius 3 is 2.24 bits per heavy atom. The van der Waals surface area contributed by atoms with E-state index in [9.17, 15) is 0 Å². The van der Waals surface area contributed by atoms with E-state index in [0.717, 1.165) is 26.2 Å². The minimum absolute atomic E-state index is 0.705. The smallest absolute Gasteiger partial charge is 0.0589 e. The Morgan fingerprint density at radius 1 is 1.14 bits per heavy atom. The molecule has 1 aromatic rings. The van der Waals surface area contributed by atoms with Crippen LogP contribution in [0.5, 0.6) is 0 Å². The highest BCUT2D eigenvalue weighted by molar-refractivity contribution is 5.47. The monoisotopic (exact) mass is 292 g/mol. The Kier molecular flexibility index (Phi) is 8.40. The predicted octanol–water partition coefficient (Wildman–Crippen LogP) is 3.57. The molecule has 2 rings (SSSR count). The van der Waals surface area contributed by atoms with Crippen LogP contribution in [0.4, 0.5) is 5.69 Å². The van der Waals surface area contributed by atoms with Gasteiger partial charge >= 0.3 is 0 Å². The molecule has 3 heteroatoms. The first-order valence-corrected chi connectivity index (χ1v) is 8.21. The number of benzene rings is 1. The Balaban J connectivity index is 0.00000106. The molecule has 0 aliphatic carbocycles. The molecule has 0 amide bonds. The Hall–Kier alpha value is -1.06. The van der Waals surface area contributed by atoms with Gasteiger partial charge in [-0.15, -0.1) is 0 Å². The molecule has 120 valence electrons. The normalized spacial score (nSPS) is 15.8. The van der Waals surface area contributed by atoms with E-state index in [0.29, 0.717) is 6.04 Å². The minimum atomic E-state index is 0.705. The number of rotatable bonds is 5. The first-order valence-electron chi connectivity index (χ1n) is 8.21. The quantitative estimate of drug-likeness (QED) is 0.825. The van der Waals surface area contributed by atoms with Gasteiger partial charge in [0.25, 0.3) is 0 Å². The molecule has 1 saturated heterocycles. The first-order chi connectivity index (χ1) is 10.2. The summed E-state index contributed by atoms with van der Waals surface area (Å²) in [4.78, 5) is 4.94. The number of methoxy groups -OCH3 is 1. The van der Waals surface area contributed by atoms with Crippen LogP contribution < -0.4 is 4.90 Å². The molecule has 21 heavy (non-hydrogen) atoms. The van der Waals surface area contributed by atoms with E-state index >= 15 is 0 Å². The largest absolute Gasteiger partial charge is 0.383 e. The number of nitrogens with zero attached hydrogens (tertiary/aromatic N) is 2. The van der Waals surface area contributed by atoms with Crippen LogP contribution in [-0.4, -0.2) is 51.3 Å². The lowest BCUT2D eigenvalue weighted by molar-refractivity contribution is 0.128. The summed E-state index contributed by atoms with van der Waals surface area (Å²) in [5, 5.41) is 0. The van der Waals surface area contributed by atoms with Crippen molar-refractivity contribution in [2.75, 3.05) is 45.3 Å². The van der Waals surface area contributed by atoms with E-state index in [2.05, 4.69) is 48.0 Å². The zero-order valence-electron chi connectivity index (χ0n) is 14.4. The van der Waals surface area contributed by atoms with Gasteiger partial charge in [-0.1, -0.05) is 31.5 Å². The topological polar surface area (TPSA) is 15.7 Å². The average Bonchev–Trinajstić information content (AvgIpc) is 2.55. The van der Waals surface area contributed by atoms with Crippen LogP contribution in [0.2, 0.25) is 0 Å². The standard InChI is InChI=1S/C16H26N2O.C2H6/c1-14-4-6-16(7-5-14)18-10-8-15(9-11-18)17(2)12-13-19-3;1-2/h4-7,15H,8-13H2,1-3H3;1-2H3. The van der Waals surface area contributed by atoms with Crippen LogP contribution in [-0.2, 0) is 4.74 Å². The van der Waals surface area contributed by atoms with E-state index < -0.39 is 0 Å². The number of piperidine rings is 1. The highest BCUT2D eigenvalue weighted by Crippen LogP contribution is 2.22. The fourth-order valence-electron chi connectivity index (χ4n) is 2.74. The molecule has 0 spiro atoms. The van der Waals surface area contributed by atoms with Crippen LogP contribution >= 0.6 is 0 Å². The first kappa shape index (κ1) is 18.0. The van der Waals surface area contributed by atoms with Crippen LogP contribution in [0.3, 0.4) is 0 Å². The fraction of sp³-hybridized carbons (Fsp3) is 0.667. The summed E-state index contributed by atoms with van der Waals surface area (Å²) in [6, 6.07) is 9.59. The SMILES string of the molecule is CC.COCCN(C)C1CCN(c2ccc(C)cc2)CC1. The average molecular weight is 292 g/mol. The number of hydrogen-bond donors (Lipinski definition) is 0. The predicted molar refractivity (Wildman–Crippen MR) is 92.3 cm³/mol. The van der Waals surface area contributed by atoms with Gasteiger partial charge in [0.2, 0.25) is 0 Å². The van der Waals surface area contributed by atoms with Gasteiger partial charge in [0.05, 0.1) is 6.61 Å². The molecular formula is C18H32N2O. The van der Waals surface area contributed by atoms with Gasteiger partial charge in [-0.25, -0.2) is 0 Å². The van der Waals surface area contributed by atoms with E-state index in [1.54, 1.807) is 7.11 Å². The zero-order chi connectivity index (χ0) is 15.7. The van der Waals surface area contributed by atoms with Crippen molar-refractivity contribution < 1.29 is 4.74 Å². The van der Waals surface area contributed by atoms with E-state index in [4.69, 9.17) is 4.74 Å². The van der Waals surface area contributed by atoms with Gasteiger partial charge in [0, 0.05) is 38.5 Å². The van der Waals surface area contributed by atoms with Gasteiger partial charge in [-0.05, 0) is 38.9 Å². The summed E-state index contributed by atoms with van der Waals surface area (Å²) in [6.45, 7) is 10.3. The molecular weight excluding hydrogens is 260 g/mol. The number of anilines is 1. The fourth-order valence-corrected chi connectivity index (χ4v) is 2.74. The highest BCUT2D eigenvalue weighted by Gasteiger charge is 2.22. The number of hydrogen-bond acceptors (Lipinski definition) is 3. The molecule has 0 atom stereocenters. The Morgan fingerprint density at radius 2 is 1.71 bits per heavy atom. The molecule has 0 bridgehead atoms. The van der Waals surface area contributed by atoms with Crippen molar-refractivity contribution in [3.8, 4) is 0 Å². The van der Waals surface area contributed by atoms with Gasteiger partial charge in [-0.3, -0.25) is 0 Å². The van der Waals surface area contributed by atoms with Crippen LogP contribution in [0.1, 0.15) is 32.3 Å². The van der Waals surface area contributed by atoms with Crippen LogP contribution in [0.25, 0.3) is 0 Å². The maximum absolute atomic E-state index is 5.15. The van der Waals surface area contributed by atoms with Crippen LogP contribution in [0, 0.1) is 6.92 Å². The second kappa shape index (κ2) is 9.80. The number of likely N-dealkylation sites (N-methyl/N-ethyl adjacent to an activating group) is 1. The molecule has 0 saturated carbocycles. The maximum atomic E-state index is 5.15. The van der Waals surface area contributed by atoms with Gasteiger partial charge in [0.15, 0.2) is 0 Å². The lowest BCUT2D eigenvalue weighted by Crippen LogP contribution is -2.44. The minimum Gasteiger partial charge on any atom is -0.383 e. The third-order valence-corrected chi connectivity index (χ3v) is 4.14. The molecule has 1 aliphatic rings. The lowest BCUT2D eigenvalue weighted by Gasteiger charge is -2.37. The van der Waals surface area contributed by atoms with E-state index in [1.807, 2.05) is 13.8 Å². The second-order valence-electron chi connectivity index (χ2n) is 5.53. The van der Waals surface area contributed by atoms with Crippen molar-refractivity contribution in [2.45, 2.75) is 39.7 Å². The van der Waals surface area contributed by atoms with Crippen molar-refractivity contribution in [2.24, 2.45) is 0 Å². The molecule has 0 radical (unpaired) electrons. The van der Waals surface area contributed by atoms with Crippen LogP contribution in [0.15, 0.2) is 24.3 Å². The summed E-state index contributed by atoms with van der Waals surface area (Å²) >= 11 is 0. The third-order valence-electron chi connectivity index (χ3n) is 4.14.